The van der Waals surface area contributed by atoms with E-state index in [4.69, 9.17) is 0 Å². The third kappa shape index (κ3) is 2.88. The van der Waals surface area contributed by atoms with E-state index in [1.165, 1.54) is 24.8 Å². The minimum atomic E-state index is 0.890. The first-order chi connectivity index (χ1) is 8.72. The van der Waals surface area contributed by atoms with Crippen molar-refractivity contribution in [2.24, 2.45) is 7.05 Å². The first-order valence-electron chi connectivity index (χ1n) is 6.71. The summed E-state index contributed by atoms with van der Waals surface area (Å²) in [5.74, 6) is 0. The van der Waals surface area contributed by atoms with Crippen LogP contribution in [0.25, 0.3) is 11.0 Å². The van der Waals surface area contributed by atoms with E-state index in [9.17, 15) is 0 Å². The van der Waals surface area contributed by atoms with Crippen molar-refractivity contribution in [2.75, 3.05) is 6.54 Å². The largest absolute Gasteiger partial charge is 0.313 e. The first-order valence-corrected chi connectivity index (χ1v) is 6.71. The molecule has 2 aromatic rings. The second kappa shape index (κ2) is 5.96. The van der Waals surface area contributed by atoms with Gasteiger partial charge in [-0.3, -0.25) is 4.68 Å². The number of nitrogens with zero attached hydrogens (tertiary/aromatic N) is 3. The lowest BCUT2D eigenvalue weighted by Crippen LogP contribution is -2.14. The molecule has 0 amide bonds. The van der Waals surface area contributed by atoms with Crippen molar-refractivity contribution in [1.82, 2.24) is 20.1 Å². The van der Waals surface area contributed by atoms with Gasteiger partial charge in [0.05, 0.1) is 5.69 Å². The van der Waals surface area contributed by atoms with Crippen LogP contribution in [0.2, 0.25) is 0 Å². The Bertz CT molecular complexity index is 516. The molecule has 0 radical (unpaired) electrons. The molecule has 98 valence electrons. The Kier molecular flexibility index (Phi) is 4.31. The van der Waals surface area contributed by atoms with E-state index in [-0.39, 0.29) is 0 Å². The Morgan fingerprint density at radius 3 is 2.94 bits per heavy atom. The van der Waals surface area contributed by atoms with Crippen LogP contribution in [0.4, 0.5) is 0 Å². The Morgan fingerprint density at radius 2 is 2.17 bits per heavy atom. The summed E-state index contributed by atoms with van der Waals surface area (Å²) in [6, 6.07) is 2.19. The number of hydrogen-bond donors (Lipinski definition) is 1. The Morgan fingerprint density at radius 1 is 1.33 bits per heavy atom. The molecule has 0 aliphatic rings. The van der Waals surface area contributed by atoms with Crippen molar-refractivity contribution in [3.8, 4) is 0 Å². The molecule has 0 spiro atoms. The maximum atomic E-state index is 4.48. The van der Waals surface area contributed by atoms with Gasteiger partial charge in [-0.15, -0.1) is 0 Å². The number of rotatable bonds is 6. The molecule has 0 aliphatic carbocycles. The third-order valence-corrected chi connectivity index (χ3v) is 3.21. The number of nitrogens with one attached hydrogen (secondary N) is 1. The van der Waals surface area contributed by atoms with Gasteiger partial charge in [0.25, 0.3) is 0 Å². The van der Waals surface area contributed by atoms with E-state index in [1.807, 2.05) is 24.9 Å². The van der Waals surface area contributed by atoms with E-state index in [0.29, 0.717) is 0 Å². The van der Waals surface area contributed by atoms with Crippen LogP contribution in [-0.2, 0) is 13.6 Å². The fourth-order valence-corrected chi connectivity index (χ4v) is 2.18. The number of unbranched alkanes of at least 4 members (excludes halogenated alkanes) is 2. The van der Waals surface area contributed by atoms with E-state index in [1.54, 1.807) is 0 Å². The number of hydrogen-bond acceptors (Lipinski definition) is 3. The summed E-state index contributed by atoms with van der Waals surface area (Å²) in [5.41, 5.74) is 3.24. The first kappa shape index (κ1) is 13.0. The predicted octanol–water partition coefficient (Wildman–Crippen LogP) is 2.56. The maximum Gasteiger partial charge on any atom is 0.157 e. The van der Waals surface area contributed by atoms with Crippen molar-refractivity contribution in [1.29, 1.82) is 0 Å². The molecule has 0 saturated heterocycles. The van der Waals surface area contributed by atoms with Gasteiger partial charge in [-0.1, -0.05) is 19.8 Å². The van der Waals surface area contributed by atoms with Gasteiger partial charge in [0.15, 0.2) is 5.65 Å². The SMILES string of the molecule is CCCCCNCc1cnc2c(c1)c(C)nn2C. The second-order valence-electron chi connectivity index (χ2n) is 4.81. The summed E-state index contributed by atoms with van der Waals surface area (Å²) in [6.07, 6.45) is 5.75. The van der Waals surface area contributed by atoms with Crippen LogP contribution in [0.1, 0.15) is 37.4 Å². The Hall–Kier alpha value is -1.42. The molecule has 0 saturated carbocycles. The van der Waals surface area contributed by atoms with Crippen molar-refractivity contribution >= 4 is 11.0 Å². The average Bonchev–Trinajstić information content (AvgIpc) is 2.65. The van der Waals surface area contributed by atoms with Gasteiger partial charge in [-0.05, 0) is 31.5 Å². The van der Waals surface area contributed by atoms with E-state index in [2.05, 4.69) is 28.4 Å². The van der Waals surface area contributed by atoms with Crippen molar-refractivity contribution in [3.05, 3.63) is 23.5 Å². The molecule has 2 aromatic heterocycles. The van der Waals surface area contributed by atoms with Crippen molar-refractivity contribution in [2.45, 2.75) is 39.7 Å². The molecule has 0 bridgehead atoms. The molecule has 0 fully saturated rings. The van der Waals surface area contributed by atoms with Gasteiger partial charge in [0.2, 0.25) is 0 Å². The van der Waals surface area contributed by atoms with Crippen LogP contribution in [0.15, 0.2) is 12.3 Å². The highest BCUT2D eigenvalue weighted by atomic mass is 15.3. The summed E-state index contributed by atoms with van der Waals surface area (Å²) in [4.78, 5) is 4.48. The minimum Gasteiger partial charge on any atom is -0.313 e. The van der Waals surface area contributed by atoms with Crippen LogP contribution in [0.5, 0.6) is 0 Å². The van der Waals surface area contributed by atoms with Crippen LogP contribution < -0.4 is 5.32 Å². The molecular formula is C14H22N4. The van der Waals surface area contributed by atoms with Crippen LogP contribution in [0, 0.1) is 6.92 Å². The summed E-state index contributed by atoms with van der Waals surface area (Å²) >= 11 is 0. The molecule has 4 nitrogen and oxygen atoms in total. The van der Waals surface area contributed by atoms with Gasteiger partial charge in [-0.25, -0.2) is 4.98 Å². The number of pyridine rings is 1. The highest BCUT2D eigenvalue weighted by Crippen LogP contribution is 2.16. The fourth-order valence-electron chi connectivity index (χ4n) is 2.18. The number of fused-ring (bicyclic) bond motifs is 1. The zero-order valence-corrected chi connectivity index (χ0v) is 11.5. The lowest BCUT2D eigenvalue weighted by atomic mass is 10.2. The number of aryl methyl sites for hydroxylation is 2. The highest BCUT2D eigenvalue weighted by Gasteiger charge is 2.06. The van der Waals surface area contributed by atoms with E-state index < -0.39 is 0 Å². The molecule has 0 unspecified atom stereocenters. The molecule has 2 heterocycles. The predicted molar refractivity (Wildman–Crippen MR) is 74.5 cm³/mol. The minimum absolute atomic E-state index is 0.890. The fraction of sp³-hybridized carbons (Fsp3) is 0.571. The van der Waals surface area contributed by atoms with Gasteiger partial charge in [0, 0.05) is 25.2 Å². The lowest BCUT2D eigenvalue weighted by Gasteiger charge is -2.04. The van der Waals surface area contributed by atoms with Crippen LogP contribution in [0.3, 0.4) is 0 Å². The lowest BCUT2D eigenvalue weighted by molar-refractivity contribution is 0.616. The molecular weight excluding hydrogens is 224 g/mol. The molecule has 1 N–H and O–H groups in total. The van der Waals surface area contributed by atoms with E-state index in [0.717, 1.165) is 29.8 Å². The highest BCUT2D eigenvalue weighted by molar-refractivity contribution is 5.78. The summed E-state index contributed by atoms with van der Waals surface area (Å²) in [6.45, 7) is 6.23. The molecule has 18 heavy (non-hydrogen) atoms. The van der Waals surface area contributed by atoms with Gasteiger partial charge < -0.3 is 5.32 Å². The normalized spacial score (nSPS) is 11.3. The van der Waals surface area contributed by atoms with Gasteiger partial charge >= 0.3 is 0 Å². The van der Waals surface area contributed by atoms with Crippen molar-refractivity contribution < 1.29 is 0 Å². The monoisotopic (exact) mass is 246 g/mol. The Balaban J connectivity index is 1.99. The van der Waals surface area contributed by atoms with Gasteiger partial charge in [0.1, 0.15) is 0 Å². The summed E-state index contributed by atoms with van der Waals surface area (Å²) < 4.78 is 1.84. The van der Waals surface area contributed by atoms with Crippen LogP contribution >= 0.6 is 0 Å². The number of aromatic nitrogens is 3. The zero-order chi connectivity index (χ0) is 13.0. The molecule has 0 atom stereocenters. The average molecular weight is 246 g/mol. The summed E-state index contributed by atoms with van der Waals surface area (Å²) in [5, 5.41) is 9.00. The topological polar surface area (TPSA) is 42.7 Å². The molecule has 4 heteroatoms. The van der Waals surface area contributed by atoms with E-state index >= 15 is 0 Å². The third-order valence-electron chi connectivity index (χ3n) is 3.21. The molecule has 2 rings (SSSR count). The van der Waals surface area contributed by atoms with Crippen molar-refractivity contribution in [3.63, 3.8) is 0 Å². The summed E-state index contributed by atoms with van der Waals surface area (Å²) in [7, 11) is 1.94. The standard InChI is InChI=1S/C14H22N4/c1-4-5-6-7-15-9-12-8-13-11(2)17-18(3)14(13)16-10-12/h8,10,15H,4-7,9H2,1-3H3. The smallest absolute Gasteiger partial charge is 0.157 e. The zero-order valence-electron chi connectivity index (χ0n) is 11.5. The second-order valence-corrected chi connectivity index (χ2v) is 4.81. The van der Waals surface area contributed by atoms with Gasteiger partial charge in [-0.2, -0.15) is 5.10 Å². The maximum absolute atomic E-state index is 4.48. The van der Waals surface area contributed by atoms with Crippen LogP contribution in [-0.4, -0.2) is 21.3 Å². The molecule has 0 aliphatic heterocycles. The molecule has 0 aromatic carbocycles. The quantitative estimate of drug-likeness (QED) is 0.797. The Labute approximate surface area is 108 Å².